The maximum atomic E-state index is 4.29. The minimum atomic E-state index is 1.02. The van der Waals surface area contributed by atoms with Crippen LogP contribution < -0.4 is 0 Å². The van der Waals surface area contributed by atoms with Gasteiger partial charge in [0.2, 0.25) is 0 Å². The molecule has 0 aliphatic carbocycles. The third-order valence-corrected chi connectivity index (χ3v) is 3.82. The Labute approximate surface area is 132 Å². The molecule has 0 aromatic heterocycles. The molecule has 3 rings (SSSR count). The lowest BCUT2D eigenvalue weighted by Crippen LogP contribution is -1.94. The van der Waals surface area contributed by atoms with Crippen LogP contribution in [0.1, 0.15) is 22.3 Å². The topological polar surface area (TPSA) is 0 Å². The van der Waals surface area contributed by atoms with E-state index in [1.54, 1.807) is 0 Å². The number of hydrogen-bond acceptors (Lipinski definition) is 0. The van der Waals surface area contributed by atoms with E-state index in [0.717, 1.165) is 33.4 Å². The van der Waals surface area contributed by atoms with Crippen molar-refractivity contribution in [3.63, 3.8) is 0 Å². The van der Waals surface area contributed by atoms with E-state index in [1.165, 1.54) is 0 Å². The summed E-state index contributed by atoms with van der Waals surface area (Å²) in [4.78, 5) is 0. The largest absolute Gasteiger partial charge is 0.0905 e. The monoisotopic (exact) mass is 282 g/mol. The Morgan fingerprint density at radius 2 is 0.773 bits per heavy atom. The summed E-state index contributed by atoms with van der Waals surface area (Å²) in [6, 6.07) is 28.9. The third kappa shape index (κ3) is 2.77. The van der Waals surface area contributed by atoms with Gasteiger partial charge in [0.25, 0.3) is 0 Å². The predicted octanol–water partition coefficient (Wildman–Crippen LogP) is 5.81. The van der Waals surface area contributed by atoms with Gasteiger partial charge in [0, 0.05) is 0 Å². The van der Waals surface area contributed by atoms with Gasteiger partial charge in [-0.25, -0.2) is 0 Å². The van der Waals surface area contributed by atoms with Crippen LogP contribution in [0.3, 0.4) is 0 Å². The molecule has 0 saturated heterocycles. The molecule has 0 bridgehead atoms. The van der Waals surface area contributed by atoms with Crippen LogP contribution in [0.5, 0.6) is 0 Å². The molecule has 0 N–H and O–H groups in total. The summed E-state index contributed by atoms with van der Waals surface area (Å²) in [5.74, 6) is 0. The van der Waals surface area contributed by atoms with Gasteiger partial charge in [-0.1, -0.05) is 98.1 Å². The summed E-state index contributed by atoms with van der Waals surface area (Å²) in [7, 11) is 0. The zero-order valence-electron chi connectivity index (χ0n) is 12.5. The highest BCUT2D eigenvalue weighted by molar-refractivity contribution is 5.89. The van der Waals surface area contributed by atoms with Crippen LogP contribution >= 0.6 is 0 Å². The average molecular weight is 282 g/mol. The van der Waals surface area contributed by atoms with E-state index in [9.17, 15) is 0 Å². The Morgan fingerprint density at radius 3 is 1.14 bits per heavy atom. The molecule has 106 valence electrons. The summed E-state index contributed by atoms with van der Waals surface area (Å²) in [5.41, 5.74) is 6.57. The van der Waals surface area contributed by atoms with Gasteiger partial charge in [0.1, 0.15) is 0 Å². The zero-order valence-corrected chi connectivity index (χ0v) is 12.5. The highest BCUT2D eigenvalue weighted by atomic mass is 14.1. The van der Waals surface area contributed by atoms with Crippen molar-refractivity contribution in [2.75, 3.05) is 0 Å². The lowest BCUT2D eigenvalue weighted by Gasteiger charge is -2.14. The Kier molecular flexibility index (Phi) is 4.02. The van der Waals surface area contributed by atoms with Crippen LogP contribution in [0.4, 0.5) is 0 Å². The van der Waals surface area contributed by atoms with E-state index in [-0.39, 0.29) is 0 Å². The van der Waals surface area contributed by atoms with E-state index < -0.39 is 0 Å². The molecule has 0 spiro atoms. The van der Waals surface area contributed by atoms with Gasteiger partial charge in [0.15, 0.2) is 0 Å². The summed E-state index contributed by atoms with van der Waals surface area (Å²) in [6.07, 6.45) is 0. The highest BCUT2D eigenvalue weighted by Gasteiger charge is 2.11. The second kappa shape index (κ2) is 6.28. The van der Waals surface area contributed by atoms with E-state index in [0.29, 0.717) is 0 Å². The Morgan fingerprint density at radius 1 is 0.455 bits per heavy atom. The summed E-state index contributed by atoms with van der Waals surface area (Å²) >= 11 is 0. The van der Waals surface area contributed by atoms with Crippen molar-refractivity contribution in [3.05, 3.63) is 120 Å². The molecule has 0 heteroatoms. The quantitative estimate of drug-likeness (QED) is 0.566. The molecular weight excluding hydrogens is 264 g/mol. The third-order valence-electron chi connectivity index (χ3n) is 3.82. The van der Waals surface area contributed by atoms with Crippen LogP contribution in [0.25, 0.3) is 11.1 Å². The van der Waals surface area contributed by atoms with Crippen LogP contribution in [0.2, 0.25) is 0 Å². The molecule has 0 fully saturated rings. The number of hydrogen-bond donors (Lipinski definition) is 0. The number of rotatable bonds is 4. The van der Waals surface area contributed by atoms with Gasteiger partial charge in [-0.3, -0.25) is 0 Å². The first-order valence-electron chi connectivity index (χ1n) is 7.36. The predicted molar refractivity (Wildman–Crippen MR) is 95.6 cm³/mol. The van der Waals surface area contributed by atoms with Gasteiger partial charge < -0.3 is 0 Å². The highest BCUT2D eigenvalue weighted by Crippen LogP contribution is 2.31. The maximum Gasteiger partial charge on any atom is -0.0105 e. The van der Waals surface area contributed by atoms with E-state index >= 15 is 0 Å². The first-order chi connectivity index (χ1) is 10.8. The Balaban J connectivity index is 2.04. The fourth-order valence-electron chi connectivity index (χ4n) is 2.60. The van der Waals surface area contributed by atoms with Gasteiger partial charge in [-0.2, -0.15) is 0 Å². The lowest BCUT2D eigenvalue weighted by atomic mass is 9.89. The Bertz CT molecular complexity index is 725. The van der Waals surface area contributed by atoms with Crippen molar-refractivity contribution in [2.45, 2.75) is 0 Å². The standard InChI is InChI=1S/C22H18/c1-17(19-11-5-3-6-12-19)21-15-9-10-16-22(21)18(2)20-13-7-4-8-14-20/h3-16H,1-2H2. The zero-order chi connectivity index (χ0) is 15.4. The molecule has 0 heterocycles. The van der Waals surface area contributed by atoms with Gasteiger partial charge in [0.05, 0.1) is 0 Å². The molecule has 0 nitrogen and oxygen atoms in total. The van der Waals surface area contributed by atoms with Crippen molar-refractivity contribution in [1.82, 2.24) is 0 Å². The summed E-state index contributed by atoms with van der Waals surface area (Å²) in [6.45, 7) is 8.58. The molecule has 0 aliphatic heterocycles. The molecular formula is C22H18. The Hall–Kier alpha value is -2.86. The van der Waals surface area contributed by atoms with E-state index in [4.69, 9.17) is 0 Å². The lowest BCUT2D eigenvalue weighted by molar-refractivity contribution is 1.49. The van der Waals surface area contributed by atoms with Crippen LogP contribution in [0, 0.1) is 0 Å². The molecule has 0 unspecified atom stereocenters. The van der Waals surface area contributed by atoms with Crippen molar-refractivity contribution in [3.8, 4) is 0 Å². The molecule has 22 heavy (non-hydrogen) atoms. The van der Waals surface area contributed by atoms with Gasteiger partial charge in [-0.15, -0.1) is 0 Å². The second-order valence-electron chi connectivity index (χ2n) is 5.23. The fraction of sp³-hybridized carbons (Fsp3) is 0. The SMILES string of the molecule is C=C(c1ccccc1)c1ccccc1C(=C)c1ccccc1. The minimum absolute atomic E-state index is 1.02. The maximum absolute atomic E-state index is 4.29. The molecule has 0 saturated carbocycles. The molecule has 3 aromatic rings. The smallest absolute Gasteiger partial charge is 0.0105 e. The molecule has 0 radical (unpaired) electrons. The summed E-state index contributed by atoms with van der Waals surface area (Å²) < 4.78 is 0. The first-order valence-corrected chi connectivity index (χ1v) is 7.36. The molecule has 0 amide bonds. The van der Waals surface area contributed by atoms with Gasteiger partial charge in [-0.05, 0) is 33.4 Å². The van der Waals surface area contributed by atoms with Crippen molar-refractivity contribution in [1.29, 1.82) is 0 Å². The van der Waals surface area contributed by atoms with Crippen LogP contribution in [0.15, 0.2) is 98.1 Å². The average Bonchev–Trinajstić information content (AvgIpc) is 2.62. The molecule has 3 aromatic carbocycles. The minimum Gasteiger partial charge on any atom is -0.0905 e. The summed E-state index contributed by atoms with van der Waals surface area (Å²) in [5, 5.41) is 0. The van der Waals surface area contributed by atoms with Crippen LogP contribution in [-0.2, 0) is 0 Å². The molecule has 0 atom stereocenters. The number of benzene rings is 3. The fourth-order valence-corrected chi connectivity index (χ4v) is 2.60. The van der Waals surface area contributed by atoms with Crippen molar-refractivity contribution >= 4 is 11.1 Å². The van der Waals surface area contributed by atoms with E-state index in [1.807, 2.05) is 48.5 Å². The van der Waals surface area contributed by atoms with Crippen molar-refractivity contribution in [2.24, 2.45) is 0 Å². The first kappa shape index (κ1) is 14.1. The molecule has 0 aliphatic rings. The van der Waals surface area contributed by atoms with Gasteiger partial charge >= 0.3 is 0 Å². The van der Waals surface area contributed by atoms with E-state index in [2.05, 4.69) is 49.6 Å². The normalized spacial score (nSPS) is 10.2. The second-order valence-corrected chi connectivity index (χ2v) is 5.23. The van der Waals surface area contributed by atoms with Crippen LogP contribution in [-0.4, -0.2) is 0 Å². The van der Waals surface area contributed by atoms with Crippen molar-refractivity contribution < 1.29 is 0 Å².